The summed E-state index contributed by atoms with van der Waals surface area (Å²) < 4.78 is 19.8. The second-order valence-corrected chi connectivity index (χ2v) is 10.7. The monoisotopic (exact) mass is 514 g/mol. The van der Waals surface area contributed by atoms with Crippen LogP contribution in [0.3, 0.4) is 0 Å². The zero-order chi connectivity index (χ0) is 26.3. The molecule has 2 aromatic carbocycles. The predicted molar refractivity (Wildman–Crippen MR) is 157 cm³/mol. The van der Waals surface area contributed by atoms with Crippen LogP contribution in [0.25, 0.3) is 0 Å². The third kappa shape index (κ3) is 9.07. The van der Waals surface area contributed by atoms with E-state index in [0.29, 0.717) is 6.61 Å². The van der Waals surface area contributed by atoms with Gasteiger partial charge >= 0.3 is 8.60 Å². The van der Waals surface area contributed by atoms with Gasteiger partial charge in [-0.25, -0.2) is 0 Å². The molecule has 4 heteroatoms. The maximum atomic E-state index is 6.68. The van der Waals surface area contributed by atoms with Crippen molar-refractivity contribution < 1.29 is 13.6 Å². The minimum absolute atomic E-state index is 0.670. The lowest BCUT2D eigenvalue weighted by molar-refractivity contribution is 0.256. The highest BCUT2D eigenvalue weighted by Crippen LogP contribution is 2.46. The number of benzene rings is 2. The summed E-state index contributed by atoms with van der Waals surface area (Å²) in [6, 6.07) is 9.17. The Labute approximate surface area is 223 Å². The normalized spacial score (nSPS) is 11.3. The molecule has 0 aliphatic rings. The summed E-state index contributed by atoms with van der Waals surface area (Å²) >= 11 is 0. The molecular weight excluding hydrogens is 463 g/mol. The van der Waals surface area contributed by atoms with Crippen LogP contribution in [0.1, 0.15) is 120 Å². The minimum atomic E-state index is -1.56. The Hall–Kier alpha value is -1.57. The third-order valence-electron chi connectivity index (χ3n) is 6.97. The predicted octanol–water partition coefficient (Wildman–Crippen LogP) is 10.1. The zero-order valence-corrected chi connectivity index (χ0v) is 25.1. The van der Waals surface area contributed by atoms with E-state index in [0.717, 1.165) is 56.4 Å². The van der Waals surface area contributed by atoms with Crippen molar-refractivity contribution in [1.82, 2.24) is 0 Å². The maximum absolute atomic E-state index is 6.68. The van der Waals surface area contributed by atoms with Crippen LogP contribution < -0.4 is 9.05 Å². The summed E-state index contributed by atoms with van der Waals surface area (Å²) in [5.74, 6) is 1.93. The first kappa shape index (κ1) is 30.7. The molecule has 2 aromatic rings. The number of rotatable bonds is 18. The van der Waals surface area contributed by atoms with Gasteiger partial charge in [-0.05, 0) is 78.3 Å². The molecule has 0 spiro atoms. The van der Waals surface area contributed by atoms with Crippen LogP contribution in [0, 0.1) is 0 Å². The molecule has 202 valence electrons. The van der Waals surface area contributed by atoms with E-state index < -0.39 is 8.60 Å². The molecule has 2 rings (SSSR count). The number of hydrogen-bond donors (Lipinski definition) is 0. The summed E-state index contributed by atoms with van der Waals surface area (Å²) in [4.78, 5) is 0. The van der Waals surface area contributed by atoms with Gasteiger partial charge in [0.05, 0.1) is 6.61 Å². The van der Waals surface area contributed by atoms with Crippen molar-refractivity contribution in [3.05, 3.63) is 57.6 Å². The van der Waals surface area contributed by atoms with Crippen molar-refractivity contribution in [2.24, 2.45) is 0 Å². The molecule has 0 saturated carbocycles. The Morgan fingerprint density at radius 3 is 1.25 bits per heavy atom. The van der Waals surface area contributed by atoms with Gasteiger partial charge in [0.1, 0.15) is 11.5 Å². The molecular formula is C32H51O3P. The summed E-state index contributed by atoms with van der Waals surface area (Å²) in [5, 5.41) is 0. The maximum Gasteiger partial charge on any atom is 0.463 e. The molecule has 0 N–H and O–H groups in total. The Morgan fingerprint density at radius 1 is 0.500 bits per heavy atom. The molecule has 0 amide bonds. The van der Waals surface area contributed by atoms with Crippen LogP contribution in [0.5, 0.6) is 11.5 Å². The van der Waals surface area contributed by atoms with Crippen molar-refractivity contribution in [3.8, 4) is 11.5 Å². The quantitative estimate of drug-likeness (QED) is 0.146. The van der Waals surface area contributed by atoms with E-state index in [9.17, 15) is 0 Å². The number of aryl methyl sites for hydroxylation is 6. The molecule has 0 fully saturated rings. The lowest BCUT2D eigenvalue weighted by Crippen LogP contribution is -2.08. The first-order chi connectivity index (χ1) is 17.5. The van der Waals surface area contributed by atoms with Crippen LogP contribution in [0.2, 0.25) is 0 Å². The number of unbranched alkanes of at least 4 members (excludes halogenated alkanes) is 5. The van der Waals surface area contributed by atoms with E-state index >= 15 is 0 Å². The third-order valence-corrected chi connectivity index (χ3v) is 8.03. The molecule has 0 heterocycles. The van der Waals surface area contributed by atoms with E-state index in [1.165, 1.54) is 65.5 Å². The highest BCUT2D eigenvalue weighted by molar-refractivity contribution is 7.42. The second-order valence-electron chi connectivity index (χ2n) is 9.61. The molecule has 36 heavy (non-hydrogen) atoms. The van der Waals surface area contributed by atoms with Gasteiger partial charge in [-0.1, -0.05) is 105 Å². The Balaban J connectivity index is 2.33. The largest absolute Gasteiger partial charge is 0.463 e. The summed E-state index contributed by atoms with van der Waals surface area (Å²) in [7, 11) is -1.56. The topological polar surface area (TPSA) is 27.7 Å². The average Bonchev–Trinajstić information content (AvgIpc) is 2.92. The number of hydrogen-bond acceptors (Lipinski definition) is 3. The van der Waals surface area contributed by atoms with Gasteiger partial charge in [-0.3, -0.25) is 4.52 Å². The van der Waals surface area contributed by atoms with E-state index in [2.05, 4.69) is 72.7 Å². The fraction of sp³-hybridized carbons (Fsp3) is 0.625. The molecule has 0 unspecified atom stereocenters. The van der Waals surface area contributed by atoms with Gasteiger partial charge in [-0.2, -0.15) is 0 Å². The molecule has 0 saturated heterocycles. The molecule has 0 aliphatic carbocycles. The van der Waals surface area contributed by atoms with E-state index in [-0.39, 0.29) is 0 Å². The molecule has 0 radical (unpaired) electrons. The molecule has 0 bridgehead atoms. The lowest BCUT2D eigenvalue weighted by Gasteiger charge is -2.24. The van der Waals surface area contributed by atoms with E-state index in [1.807, 2.05) is 0 Å². The van der Waals surface area contributed by atoms with Crippen molar-refractivity contribution in [2.45, 2.75) is 126 Å². The first-order valence-corrected chi connectivity index (χ1v) is 15.7. The standard InChI is InChI=1S/C32H51O3P/c1-8-15-16-17-18-19-20-33-36(34-31-27(11-4)21-25(9-2)22-28(31)12-5)35-32-29(13-6)23-26(10-3)24-30(32)14-7/h21-24H,8-20H2,1-7H3. The fourth-order valence-corrected chi connectivity index (χ4v) is 5.78. The van der Waals surface area contributed by atoms with Crippen LogP contribution in [-0.2, 0) is 43.0 Å². The Morgan fingerprint density at radius 2 is 0.889 bits per heavy atom. The Kier molecular flexibility index (Phi) is 14.5. The summed E-state index contributed by atoms with van der Waals surface area (Å²) in [6.45, 7) is 16.2. The smallest absolute Gasteiger partial charge is 0.417 e. The summed E-state index contributed by atoms with van der Waals surface area (Å²) in [6.07, 6.45) is 13.2. The van der Waals surface area contributed by atoms with Gasteiger partial charge < -0.3 is 9.05 Å². The van der Waals surface area contributed by atoms with Crippen molar-refractivity contribution in [2.75, 3.05) is 6.61 Å². The summed E-state index contributed by atoms with van der Waals surface area (Å²) in [5.41, 5.74) is 7.73. The van der Waals surface area contributed by atoms with Crippen LogP contribution in [0.15, 0.2) is 24.3 Å². The van der Waals surface area contributed by atoms with Gasteiger partial charge in [0.2, 0.25) is 0 Å². The van der Waals surface area contributed by atoms with Crippen LogP contribution >= 0.6 is 8.60 Å². The van der Waals surface area contributed by atoms with Crippen molar-refractivity contribution in [3.63, 3.8) is 0 Å². The second kappa shape index (κ2) is 17.0. The van der Waals surface area contributed by atoms with Crippen molar-refractivity contribution >= 4 is 8.60 Å². The van der Waals surface area contributed by atoms with Crippen LogP contribution in [-0.4, -0.2) is 6.61 Å². The van der Waals surface area contributed by atoms with Crippen LogP contribution in [0.4, 0.5) is 0 Å². The molecule has 3 nitrogen and oxygen atoms in total. The van der Waals surface area contributed by atoms with E-state index in [4.69, 9.17) is 13.6 Å². The van der Waals surface area contributed by atoms with E-state index in [1.54, 1.807) is 0 Å². The van der Waals surface area contributed by atoms with Gasteiger partial charge in [0, 0.05) is 0 Å². The molecule has 0 aliphatic heterocycles. The van der Waals surface area contributed by atoms with Gasteiger partial charge in [0.15, 0.2) is 0 Å². The minimum Gasteiger partial charge on any atom is -0.417 e. The highest BCUT2D eigenvalue weighted by Gasteiger charge is 2.24. The molecule has 0 atom stereocenters. The first-order valence-electron chi connectivity index (χ1n) is 14.6. The van der Waals surface area contributed by atoms with Crippen molar-refractivity contribution in [1.29, 1.82) is 0 Å². The molecule has 0 aromatic heterocycles. The highest BCUT2D eigenvalue weighted by atomic mass is 31.2. The fourth-order valence-electron chi connectivity index (χ4n) is 4.59. The van der Waals surface area contributed by atoms with Gasteiger partial charge in [-0.15, -0.1) is 0 Å². The lowest BCUT2D eigenvalue weighted by atomic mass is 9.99. The van der Waals surface area contributed by atoms with Gasteiger partial charge in [0.25, 0.3) is 0 Å². The Bertz CT molecular complexity index is 793. The SMILES string of the molecule is CCCCCCCCOP(Oc1c(CC)cc(CC)cc1CC)Oc1c(CC)cc(CC)cc1CC. The zero-order valence-electron chi connectivity index (χ0n) is 24.2. The average molecular weight is 515 g/mol.